The van der Waals surface area contributed by atoms with Gasteiger partial charge in [0.2, 0.25) is 5.78 Å². The van der Waals surface area contributed by atoms with Gasteiger partial charge in [-0.3, -0.25) is 14.4 Å². The Morgan fingerprint density at radius 1 is 0.383 bits per heavy atom. The highest BCUT2D eigenvalue weighted by Gasteiger charge is 2.14. The van der Waals surface area contributed by atoms with Crippen molar-refractivity contribution in [2.45, 2.75) is 64.7 Å². The van der Waals surface area contributed by atoms with Crippen LogP contribution in [0.15, 0.2) is 0 Å². The van der Waals surface area contributed by atoms with Gasteiger partial charge in [-0.2, -0.15) is 0 Å². The molecule has 0 aromatic heterocycles. The third-order valence-electron chi connectivity index (χ3n) is 6.11. The van der Waals surface area contributed by atoms with Gasteiger partial charge in [-0.05, 0) is 6.42 Å². The minimum Gasteiger partial charge on any atom is -0.476 e. The molecule has 15 nitrogen and oxygen atoms in total. The fraction of sp³-hybridized carbons (Fsp3) is 0.875. The zero-order valence-corrected chi connectivity index (χ0v) is 28.3. The predicted molar refractivity (Wildman–Crippen MR) is 168 cm³/mol. The van der Waals surface area contributed by atoms with Crippen molar-refractivity contribution in [3.8, 4) is 0 Å². The van der Waals surface area contributed by atoms with Crippen molar-refractivity contribution < 1.29 is 71.7 Å². The van der Waals surface area contributed by atoms with Crippen LogP contribution in [0.5, 0.6) is 0 Å². The monoisotopic (exact) mass is 682 g/mol. The number of carboxylic acids is 1. The Hall–Kier alpha value is -2.24. The molecule has 0 aliphatic heterocycles. The molecule has 0 aromatic rings. The molecule has 0 heterocycles. The lowest BCUT2D eigenvalue weighted by Crippen LogP contribution is -2.17. The molecule has 0 amide bonds. The molecule has 0 bridgehead atoms. The lowest BCUT2D eigenvalue weighted by molar-refractivity contribution is -0.151. The van der Waals surface area contributed by atoms with Crippen LogP contribution in [-0.2, 0) is 66.5 Å². The number of ketones is 1. The maximum Gasteiger partial charge on any atom is 0.372 e. The molecule has 0 spiro atoms. The number of Topliss-reactive ketones (excluding diaryl/α,β-unsaturated/α-hetero) is 1. The molecule has 0 fully saturated rings. The van der Waals surface area contributed by atoms with E-state index in [9.17, 15) is 19.2 Å². The van der Waals surface area contributed by atoms with Crippen molar-refractivity contribution in [3.63, 3.8) is 0 Å². The predicted octanol–water partition coefficient (Wildman–Crippen LogP) is 2.39. The summed E-state index contributed by atoms with van der Waals surface area (Å²) in [4.78, 5) is 44.3. The average molecular weight is 683 g/mol. The number of esters is 2. The number of hydrogen-bond donors (Lipinski definition) is 1. The van der Waals surface area contributed by atoms with Crippen LogP contribution < -0.4 is 0 Å². The standard InChI is InChI=1S/C32H58O15/c1-2-3-4-5-6-7-8-30(34)46-27-25-44-23-21-42-19-17-40-15-13-38-11-12-39-14-16-41-18-20-43-22-24-45-26-28-47-31(35)10-9-29(33)32(36)37/h2-28H2,1H3,(H,36,37). The minimum absolute atomic E-state index is 0.0119. The van der Waals surface area contributed by atoms with Gasteiger partial charge in [-0.25, -0.2) is 4.79 Å². The number of carboxylic acid groups (broad SMARTS) is 1. The zero-order valence-electron chi connectivity index (χ0n) is 28.3. The third kappa shape index (κ3) is 36.4. The fourth-order valence-electron chi connectivity index (χ4n) is 3.59. The van der Waals surface area contributed by atoms with Crippen LogP contribution in [0.4, 0.5) is 0 Å². The van der Waals surface area contributed by atoms with Gasteiger partial charge in [0.25, 0.3) is 0 Å². The lowest BCUT2D eigenvalue weighted by atomic mass is 10.1. The summed E-state index contributed by atoms with van der Waals surface area (Å²) in [7, 11) is 0. The quantitative estimate of drug-likeness (QED) is 0.0569. The van der Waals surface area contributed by atoms with E-state index in [1.807, 2.05) is 0 Å². The molecule has 0 aliphatic rings. The van der Waals surface area contributed by atoms with Crippen LogP contribution in [-0.4, -0.2) is 148 Å². The van der Waals surface area contributed by atoms with E-state index < -0.39 is 17.7 Å². The van der Waals surface area contributed by atoms with Crippen molar-refractivity contribution in [1.29, 1.82) is 0 Å². The Labute approximate surface area is 279 Å². The molecule has 0 aliphatic carbocycles. The van der Waals surface area contributed by atoms with Gasteiger partial charge in [0.05, 0.1) is 112 Å². The SMILES string of the molecule is CCCCCCCCC(=O)OCCOCCOCCOCCOCCOCCOCCOCCOCCOC(=O)CCC(=O)C(=O)O. The first kappa shape index (κ1) is 44.8. The molecule has 276 valence electrons. The number of aliphatic carboxylic acids is 1. The van der Waals surface area contributed by atoms with Gasteiger partial charge in [-0.1, -0.05) is 39.0 Å². The first-order valence-corrected chi connectivity index (χ1v) is 16.7. The van der Waals surface area contributed by atoms with Gasteiger partial charge in [0.15, 0.2) is 0 Å². The minimum atomic E-state index is -1.56. The zero-order chi connectivity index (χ0) is 34.5. The molecular weight excluding hydrogens is 624 g/mol. The van der Waals surface area contributed by atoms with E-state index in [1.54, 1.807) is 0 Å². The Morgan fingerprint density at radius 3 is 1.02 bits per heavy atom. The molecule has 0 rings (SSSR count). The smallest absolute Gasteiger partial charge is 0.372 e. The molecular formula is C32H58O15. The highest BCUT2D eigenvalue weighted by Crippen LogP contribution is 2.07. The van der Waals surface area contributed by atoms with E-state index in [2.05, 4.69) is 6.92 Å². The number of rotatable bonds is 38. The van der Waals surface area contributed by atoms with E-state index in [0.717, 1.165) is 12.8 Å². The van der Waals surface area contributed by atoms with Crippen molar-refractivity contribution in [2.75, 3.05) is 119 Å². The highest BCUT2D eigenvalue weighted by atomic mass is 16.6. The molecule has 1 N–H and O–H groups in total. The van der Waals surface area contributed by atoms with Gasteiger partial charge in [-0.15, -0.1) is 0 Å². The number of carbonyl (C=O) groups is 4. The number of hydrogen-bond acceptors (Lipinski definition) is 14. The molecule has 0 saturated carbocycles. The van der Waals surface area contributed by atoms with Gasteiger partial charge in [0.1, 0.15) is 13.2 Å². The summed E-state index contributed by atoms with van der Waals surface area (Å²) >= 11 is 0. The van der Waals surface area contributed by atoms with Crippen molar-refractivity contribution in [1.82, 2.24) is 0 Å². The molecule has 0 atom stereocenters. The summed E-state index contributed by atoms with van der Waals surface area (Å²) in [5.41, 5.74) is 0. The number of ether oxygens (including phenoxy) is 10. The molecule has 0 aromatic carbocycles. The maximum atomic E-state index is 11.7. The first-order valence-electron chi connectivity index (χ1n) is 16.7. The summed E-state index contributed by atoms with van der Waals surface area (Å²) in [6, 6.07) is 0. The highest BCUT2D eigenvalue weighted by molar-refractivity contribution is 6.32. The maximum absolute atomic E-state index is 11.7. The second kappa shape index (κ2) is 36.6. The topological polar surface area (TPSA) is 181 Å². The van der Waals surface area contributed by atoms with E-state index in [1.165, 1.54) is 25.7 Å². The van der Waals surface area contributed by atoms with Gasteiger partial charge in [0, 0.05) is 12.8 Å². The second-order valence-electron chi connectivity index (χ2n) is 10.1. The van der Waals surface area contributed by atoms with E-state index in [4.69, 9.17) is 52.5 Å². The van der Waals surface area contributed by atoms with Gasteiger partial charge >= 0.3 is 17.9 Å². The second-order valence-corrected chi connectivity index (χ2v) is 10.1. The van der Waals surface area contributed by atoms with E-state index >= 15 is 0 Å². The molecule has 0 unspecified atom stereocenters. The first-order chi connectivity index (χ1) is 23.0. The molecule has 0 radical (unpaired) electrons. The molecule has 15 heteroatoms. The molecule has 0 saturated heterocycles. The van der Waals surface area contributed by atoms with Crippen LogP contribution in [0.3, 0.4) is 0 Å². The van der Waals surface area contributed by atoms with Crippen LogP contribution in [0.1, 0.15) is 64.7 Å². The Kier molecular flexibility index (Phi) is 34.8. The van der Waals surface area contributed by atoms with Crippen LogP contribution in [0.25, 0.3) is 0 Å². The van der Waals surface area contributed by atoms with Crippen molar-refractivity contribution >= 4 is 23.7 Å². The summed E-state index contributed by atoms with van der Waals surface area (Å²) in [5.74, 6) is -3.40. The summed E-state index contributed by atoms with van der Waals surface area (Å²) in [5, 5.41) is 8.44. The lowest BCUT2D eigenvalue weighted by Gasteiger charge is -2.09. The fourth-order valence-corrected chi connectivity index (χ4v) is 3.59. The number of carbonyl (C=O) groups excluding carboxylic acids is 3. The Morgan fingerprint density at radius 2 is 0.681 bits per heavy atom. The van der Waals surface area contributed by atoms with E-state index in [-0.39, 0.29) is 38.6 Å². The summed E-state index contributed by atoms with van der Waals surface area (Å²) < 4.78 is 53.2. The van der Waals surface area contributed by atoms with Crippen LogP contribution in [0, 0.1) is 0 Å². The van der Waals surface area contributed by atoms with Crippen LogP contribution >= 0.6 is 0 Å². The number of unbranched alkanes of at least 4 members (excludes halogenated alkanes) is 5. The molecule has 47 heavy (non-hydrogen) atoms. The van der Waals surface area contributed by atoms with Crippen molar-refractivity contribution in [3.05, 3.63) is 0 Å². The van der Waals surface area contributed by atoms with Crippen LogP contribution in [0.2, 0.25) is 0 Å². The third-order valence-corrected chi connectivity index (χ3v) is 6.11. The summed E-state index contributed by atoms with van der Waals surface area (Å²) in [6.07, 6.45) is 6.68. The summed E-state index contributed by atoms with van der Waals surface area (Å²) in [6.45, 7) is 9.00. The Bertz CT molecular complexity index is 750. The van der Waals surface area contributed by atoms with E-state index in [0.29, 0.717) is 106 Å². The van der Waals surface area contributed by atoms with Gasteiger partial charge < -0.3 is 52.5 Å². The normalized spacial score (nSPS) is 11.1. The largest absolute Gasteiger partial charge is 0.476 e. The average Bonchev–Trinajstić information content (AvgIpc) is 3.06. The Balaban J connectivity index is 3.17. The van der Waals surface area contributed by atoms with Crippen molar-refractivity contribution in [2.24, 2.45) is 0 Å².